The highest BCUT2D eigenvalue weighted by Gasteiger charge is 2.13. The van der Waals surface area contributed by atoms with Crippen LogP contribution < -0.4 is 10.2 Å². The third-order valence-corrected chi connectivity index (χ3v) is 3.61. The zero-order chi connectivity index (χ0) is 15.2. The Balaban J connectivity index is 2.21. The average Bonchev–Trinajstić information content (AvgIpc) is 2.47. The Kier molecular flexibility index (Phi) is 5.26. The van der Waals surface area contributed by atoms with Crippen LogP contribution >= 0.6 is 0 Å². The zero-order valence-corrected chi connectivity index (χ0v) is 13.5. The summed E-state index contributed by atoms with van der Waals surface area (Å²) in [6, 6.07) is 19.6. The summed E-state index contributed by atoms with van der Waals surface area (Å²) in [5.74, 6) is 0.653. The third kappa shape index (κ3) is 4.52. The summed E-state index contributed by atoms with van der Waals surface area (Å²) < 4.78 is 0. The molecule has 21 heavy (non-hydrogen) atoms. The van der Waals surface area contributed by atoms with Gasteiger partial charge in [0.05, 0.1) is 6.04 Å². The maximum absolute atomic E-state index is 3.70. The molecule has 1 unspecified atom stereocenters. The van der Waals surface area contributed by atoms with Crippen molar-refractivity contribution in [2.75, 3.05) is 24.3 Å². The lowest BCUT2D eigenvalue weighted by molar-refractivity contribution is 0.531. The van der Waals surface area contributed by atoms with Crippen LogP contribution in [0.1, 0.15) is 31.9 Å². The van der Waals surface area contributed by atoms with Crippen LogP contribution in [0.15, 0.2) is 54.6 Å². The van der Waals surface area contributed by atoms with Gasteiger partial charge in [-0.05, 0) is 36.1 Å². The Morgan fingerprint density at radius 1 is 0.952 bits per heavy atom. The Bertz CT molecular complexity index is 547. The number of hydrogen-bond donors (Lipinski definition) is 1. The molecule has 0 bridgehead atoms. The van der Waals surface area contributed by atoms with E-state index in [0.29, 0.717) is 12.0 Å². The molecule has 0 spiro atoms. The first-order valence-corrected chi connectivity index (χ1v) is 7.65. The normalized spacial score (nSPS) is 12.2. The molecule has 0 radical (unpaired) electrons. The van der Waals surface area contributed by atoms with Crippen LogP contribution in [0, 0.1) is 5.92 Å². The minimum Gasteiger partial charge on any atom is -0.378 e. The van der Waals surface area contributed by atoms with Gasteiger partial charge in [0.15, 0.2) is 0 Å². The summed E-state index contributed by atoms with van der Waals surface area (Å²) in [6.07, 6.45) is 1.12. The summed E-state index contributed by atoms with van der Waals surface area (Å²) in [5, 5.41) is 3.70. The predicted molar refractivity (Wildman–Crippen MR) is 93.0 cm³/mol. The van der Waals surface area contributed by atoms with Crippen molar-refractivity contribution < 1.29 is 0 Å². The summed E-state index contributed by atoms with van der Waals surface area (Å²) >= 11 is 0. The van der Waals surface area contributed by atoms with Gasteiger partial charge in [-0.2, -0.15) is 0 Å². The molecule has 0 aliphatic carbocycles. The van der Waals surface area contributed by atoms with Gasteiger partial charge in [-0.25, -0.2) is 0 Å². The Morgan fingerprint density at radius 3 is 2.29 bits per heavy atom. The number of anilines is 2. The smallest absolute Gasteiger partial charge is 0.0516 e. The predicted octanol–water partition coefficient (Wildman–Crippen LogP) is 4.95. The topological polar surface area (TPSA) is 15.3 Å². The number of hydrogen-bond acceptors (Lipinski definition) is 2. The lowest BCUT2D eigenvalue weighted by atomic mass is 9.96. The molecule has 112 valence electrons. The maximum atomic E-state index is 3.70. The van der Waals surface area contributed by atoms with E-state index in [1.54, 1.807) is 0 Å². The monoisotopic (exact) mass is 282 g/mol. The van der Waals surface area contributed by atoms with Crippen LogP contribution in [0.25, 0.3) is 0 Å². The van der Waals surface area contributed by atoms with Crippen LogP contribution in [0.2, 0.25) is 0 Å². The average molecular weight is 282 g/mol. The highest BCUT2D eigenvalue weighted by Crippen LogP contribution is 2.27. The Hall–Kier alpha value is -1.96. The molecule has 2 aromatic rings. The molecular formula is C19H26N2. The van der Waals surface area contributed by atoms with Gasteiger partial charge in [-0.3, -0.25) is 0 Å². The second kappa shape index (κ2) is 7.16. The van der Waals surface area contributed by atoms with E-state index >= 15 is 0 Å². The van der Waals surface area contributed by atoms with Gasteiger partial charge in [0, 0.05) is 25.5 Å². The van der Waals surface area contributed by atoms with Gasteiger partial charge >= 0.3 is 0 Å². The molecule has 0 saturated heterocycles. The fraction of sp³-hybridized carbons (Fsp3) is 0.368. The zero-order valence-electron chi connectivity index (χ0n) is 13.5. The fourth-order valence-corrected chi connectivity index (χ4v) is 2.51. The van der Waals surface area contributed by atoms with Crippen molar-refractivity contribution in [2.24, 2.45) is 5.92 Å². The van der Waals surface area contributed by atoms with Crippen LogP contribution in [0.3, 0.4) is 0 Å². The molecule has 2 heteroatoms. The number of nitrogens with one attached hydrogen (secondary N) is 1. The van der Waals surface area contributed by atoms with Crippen LogP contribution in [0.5, 0.6) is 0 Å². The van der Waals surface area contributed by atoms with E-state index in [-0.39, 0.29) is 0 Å². The first-order valence-electron chi connectivity index (χ1n) is 7.65. The van der Waals surface area contributed by atoms with Crippen molar-refractivity contribution in [2.45, 2.75) is 26.3 Å². The minimum atomic E-state index is 0.351. The first kappa shape index (κ1) is 15.4. The molecule has 2 nitrogen and oxygen atoms in total. The van der Waals surface area contributed by atoms with Gasteiger partial charge in [-0.1, -0.05) is 50.2 Å². The standard InChI is InChI=1S/C19H26N2/c1-15(2)13-19(16-9-6-5-7-10-16)20-17-11-8-12-18(14-17)21(3)4/h5-12,14-15,19-20H,13H2,1-4H3. The summed E-state index contributed by atoms with van der Waals surface area (Å²) in [4.78, 5) is 2.13. The first-order chi connectivity index (χ1) is 10.1. The second-order valence-corrected chi connectivity index (χ2v) is 6.18. The van der Waals surface area contributed by atoms with Crippen molar-refractivity contribution in [3.8, 4) is 0 Å². The van der Waals surface area contributed by atoms with Crippen molar-refractivity contribution in [1.29, 1.82) is 0 Å². The SMILES string of the molecule is CC(C)CC(Nc1cccc(N(C)C)c1)c1ccccc1. The highest BCUT2D eigenvalue weighted by molar-refractivity contribution is 5.58. The highest BCUT2D eigenvalue weighted by atomic mass is 15.1. The van der Waals surface area contributed by atoms with Gasteiger partial charge in [0.2, 0.25) is 0 Å². The van der Waals surface area contributed by atoms with E-state index in [0.717, 1.165) is 6.42 Å². The van der Waals surface area contributed by atoms with E-state index in [4.69, 9.17) is 0 Å². The van der Waals surface area contributed by atoms with Crippen LogP contribution in [0.4, 0.5) is 11.4 Å². The number of nitrogens with zero attached hydrogens (tertiary/aromatic N) is 1. The second-order valence-electron chi connectivity index (χ2n) is 6.18. The van der Waals surface area contributed by atoms with Gasteiger partial charge in [0.25, 0.3) is 0 Å². The van der Waals surface area contributed by atoms with Crippen LogP contribution in [-0.2, 0) is 0 Å². The molecule has 2 aromatic carbocycles. The molecule has 1 N–H and O–H groups in total. The summed E-state index contributed by atoms with van der Waals surface area (Å²) in [5.41, 5.74) is 3.74. The van der Waals surface area contributed by atoms with Crippen molar-refractivity contribution in [3.63, 3.8) is 0 Å². The van der Waals surface area contributed by atoms with Crippen molar-refractivity contribution >= 4 is 11.4 Å². The molecule has 0 saturated carbocycles. The molecule has 0 aliphatic rings. The van der Waals surface area contributed by atoms with E-state index < -0.39 is 0 Å². The van der Waals surface area contributed by atoms with E-state index in [2.05, 4.69) is 92.8 Å². The Morgan fingerprint density at radius 2 is 1.67 bits per heavy atom. The Labute approximate surface area is 128 Å². The van der Waals surface area contributed by atoms with Crippen LogP contribution in [-0.4, -0.2) is 14.1 Å². The van der Waals surface area contributed by atoms with Gasteiger partial charge in [-0.15, -0.1) is 0 Å². The third-order valence-electron chi connectivity index (χ3n) is 3.61. The van der Waals surface area contributed by atoms with Gasteiger partial charge < -0.3 is 10.2 Å². The largest absolute Gasteiger partial charge is 0.378 e. The van der Waals surface area contributed by atoms with E-state index in [1.807, 2.05) is 0 Å². The molecule has 0 fully saturated rings. The number of rotatable bonds is 6. The van der Waals surface area contributed by atoms with Crippen molar-refractivity contribution in [3.05, 3.63) is 60.2 Å². The summed E-state index contributed by atoms with van der Waals surface area (Å²) in [6.45, 7) is 4.54. The van der Waals surface area contributed by atoms with Gasteiger partial charge in [0.1, 0.15) is 0 Å². The van der Waals surface area contributed by atoms with Crippen molar-refractivity contribution in [1.82, 2.24) is 0 Å². The molecule has 0 amide bonds. The molecule has 0 heterocycles. The maximum Gasteiger partial charge on any atom is 0.0516 e. The summed E-state index contributed by atoms with van der Waals surface area (Å²) in [7, 11) is 4.14. The molecular weight excluding hydrogens is 256 g/mol. The lowest BCUT2D eigenvalue weighted by Crippen LogP contribution is -2.14. The molecule has 2 rings (SSSR count). The van der Waals surface area contributed by atoms with E-state index in [9.17, 15) is 0 Å². The number of benzene rings is 2. The van der Waals surface area contributed by atoms with E-state index in [1.165, 1.54) is 16.9 Å². The molecule has 1 atom stereocenters. The minimum absolute atomic E-state index is 0.351. The quantitative estimate of drug-likeness (QED) is 0.806. The molecule has 0 aliphatic heterocycles. The fourth-order valence-electron chi connectivity index (χ4n) is 2.51. The lowest BCUT2D eigenvalue weighted by Gasteiger charge is -2.23. The molecule has 0 aromatic heterocycles.